The van der Waals surface area contributed by atoms with Crippen LogP contribution in [0.1, 0.15) is 29.9 Å². The molecule has 0 fully saturated rings. The van der Waals surface area contributed by atoms with Crippen molar-refractivity contribution in [1.82, 2.24) is 10.3 Å². The molecule has 0 aliphatic rings. The normalized spacial score (nSPS) is 11.6. The quantitative estimate of drug-likeness (QED) is 0.223. The first kappa shape index (κ1) is 26.9. The van der Waals surface area contributed by atoms with Gasteiger partial charge in [0.15, 0.2) is 0 Å². The number of fused-ring (bicyclic) bond motifs is 1. The molecule has 1 heterocycles. The van der Waals surface area contributed by atoms with Crippen LogP contribution in [0.15, 0.2) is 60.7 Å². The van der Waals surface area contributed by atoms with Gasteiger partial charge >= 0.3 is 12.1 Å². The number of amides is 1. The summed E-state index contributed by atoms with van der Waals surface area (Å²) in [6, 6.07) is 14.5. The molecule has 0 bridgehead atoms. The average Bonchev–Trinajstić information content (AvgIpc) is 3.19. The van der Waals surface area contributed by atoms with E-state index < -0.39 is 30.2 Å². The van der Waals surface area contributed by atoms with E-state index >= 15 is 0 Å². The van der Waals surface area contributed by atoms with E-state index in [-0.39, 0.29) is 28.3 Å². The number of hydrogen-bond donors (Lipinski definition) is 3. The van der Waals surface area contributed by atoms with Crippen LogP contribution in [0.4, 0.5) is 13.2 Å². The summed E-state index contributed by atoms with van der Waals surface area (Å²) in [4.78, 5) is 26.4. The third kappa shape index (κ3) is 5.86. The van der Waals surface area contributed by atoms with Gasteiger partial charge in [-0.05, 0) is 67.9 Å². The summed E-state index contributed by atoms with van der Waals surface area (Å²) in [5.41, 5.74) is 0.708. The van der Waals surface area contributed by atoms with E-state index in [1.165, 1.54) is 12.1 Å². The van der Waals surface area contributed by atoms with E-state index in [1.54, 1.807) is 36.4 Å². The molecule has 38 heavy (non-hydrogen) atoms. The van der Waals surface area contributed by atoms with E-state index in [1.807, 2.05) is 13.8 Å². The number of hydrogen-bond acceptors (Lipinski definition) is 4. The predicted octanol–water partition coefficient (Wildman–Crippen LogP) is 6.90. The smallest absolute Gasteiger partial charge is 0.416 e. The third-order valence-electron chi connectivity index (χ3n) is 5.42. The van der Waals surface area contributed by atoms with Gasteiger partial charge in [0.05, 0.1) is 16.7 Å². The summed E-state index contributed by atoms with van der Waals surface area (Å²) >= 11 is 6.62. The van der Waals surface area contributed by atoms with Crippen molar-refractivity contribution in [2.45, 2.75) is 26.1 Å². The molecule has 7 nitrogen and oxygen atoms in total. The van der Waals surface area contributed by atoms with Gasteiger partial charge in [0.25, 0.3) is 5.91 Å². The second kappa shape index (κ2) is 10.7. The summed E-state index contributed by atoms with van der Waals surface area (Å²) in [6.45, 7) is 3.18. The van der Waals surface area contributed by atoms with Crippen molar-refractivity contribution in [3.05, 3.63) is 76.9 Å². The van der Waals surface area contributed by atoms with Crippen LogP contribution in [0.25, 0.3) is 22.0 Å². The Morgan fingerprint density at radius 1 is 1.00 bits per heavy atom. The highest BCUT2D eigenvalue weighted by Gasteiger charge is 2.30. The van der Waals surface area contributed by atoms with Gasteiger partial charge in [-0.25, -0.2) is 0 Å². The molecule has 3 N–H and O–H groups in total. The van der Waals surface area contributed by atoms with Crippen molar-refractivity contribution in [2.75, 3.05) is 6.54 Å². The number of nitrogens with one attached hydrogen (secondary N) is 2. The zero-order valence-electron chi connectivity index (χ0n) is 20.2. The molecule has 4 rings (SSSR count). The largest absolute Gasteiger partial charge is 0.491 e. The van der Waals surface area contributed by atoms with Crippen molar-refractivity contribution >= 4 is 34.4 Å². The maximum Gasteiger partial charge on any atom is 0.416 e. The highest BCUT2D eigenvalue weighted by Crippen LogP contribution is 2.44. The minimum atomic E-state index is -4.49. The lowest BCUT2D eigenvalue weighted by molar-refractivity contribution is -0.138. The Balaban J connectivity index is 1.82. The third-order valence-corrected chi connectivity index (χ3v) is 5.80. The second-order valence-corrected chi connectivity index (χ2v) is 8.94. The zero-order valence-corrected chi connectivity index (χ0v) is 20.9. The Morgan fingerprint density at radius 3 is 2.21 bits per heavy atom. The number of aromatic nitrogens is 1. The number of ether oxygens (including phenoxy) is 2. The van der Waals surface area contributed by atoms with Crippen molar-refractivity contribution in [3.8, 4) is 28.4 Å². The SMILES string of the molecule is CC(C)Oc1ccc(-c2c(Oc3ccc(C(F)(F)F)cc3)ccc3[nH]c(C(=O)NCC(=O)O)c(Cl)c23)cc1. The fraction of sp³-hybridized carbons (Fsp3) is 0.185. The van der Waals surface area contributed by atoms with Crippen LogP contribution in [-0.2, 0) is 11.0 Å². The molecule has 1 amide bonds. The Labute approximate surface area is 220 Å². The number of halogens is 4. The molecule has 4 aromatic rings. The molecule has 0 aliphatic carbocycles. The van der Waals surface area contributed by atoms with Gasteiger partial charge in [0.1, 0.15) is 29.5 Å². The number of carbonyl (C=O) groups excluding carboxylic acids is 1. The van der Waals surface area contributed by atoms with Gasteiger partial charge in [-0.3, -0.25) is 9.59 Å². The van der Waals surface area contributed by atoms with Gasteiger partial charge in [-0.2, -0.15) is 13.2 Å². The van der Waals surface area contributed by atoms with E-state index in [0.29, 0.717) is 27.8 Å². The molecular weight excluding hydrogens is 525 g/mol. The summed E-state index contributed by atoms with van der Waals surface area (Å²) < 4.78 is 50.7. The number of H-pyrrole nitrogens is 1. The minimum Gasteiger partial charge on any atom is -0.491 e. The molecule has 0 saturated heterocycles. The Hall–Kier alpha value is -4.18. The number of carboxylic acid groups (broad SMARTS) is 1. The monoisotopic (exact) mass is 546 g/mol. The van der Waals surface area contributed by atoms with E-state index in [0.717, 1.165) is 12.1 Å². The summed E-state index contributed by atoms with van der Waals surface area (Å²) in [6.07, 6.45) is -4.53. The molecule has 11 heteroatoms. The molecule has 0 atom stereocenters. The van der Waals surface area contributed by atoms with Crippen LogP contribution in [0, 0.1) is 0 Å². The van der Waals surface area contributed by atoms with Crippen LogP contribution in [0.5, 0.6) is 17.2 Å². The van der Waals surface area contributed by atoms with Crippen molar-refractivity contribution in [3.63, 3.8) is 0 Å². The number of alkyl halides is 3. The first-order valence-electron chi connectivity index (χ1n) is 11.4. The van der Waals surface area contributed by atoms with E-state index in [2.05, 4.69) is 10.3 Å². The molecule has 0 aliphatic heterocycles. The van der Waals surface area contributed by atoms with Crippen LogP contribution in [0.2, 0.25) is 5.02 Å². The van der Waals surface area contributed by atoms with Crippen LogP contribution >= 0.6 is 11.6 Å². The molecule has 0 unspecified atom stereocenters. The maximum absolute atomic E-state index is 13.0. The lowest BCUT2D eigenvalue weighted by Gasteiger charge is -2.15. The molecule has 0 saturated carbocycles. The Bertz CT molecular complexity index is 1480. The number of rotatable bonds is 8. The van der Waals surface area contributed by atoms with Gasteiger partial charge in [-0.15, -0.1) is 0 Å². The molecule has 198 valence electrons. The molecular formula is C27H22ClF3N2O5. The fourth-order valence-electron chi connectivity index (χ4n) is 3.81. The summed E-state index contributed by atoms with van der Waals surface area (Å²) in [5.74, 6) is -0.889. The fourth-order valence-corrected chi connectivity index (χ4v) is 4.14. The summed E-state index contributed by atoms with van der Waals surface area (Å²) in [5, 5.41) is 11.6. The standard InChI is InChI=1S/C27H22ClF3N2O5/c1-14(2)37-17-7-3-15(4-8-17)22-20(38-18-9-5-16(6-10-18)27(29,30)31)12-11-19-23(22)24(28)25(33-19)26(36)32-13-21(34)35/h3-12,14,33H,13H2,1-2H3,(H,32,36)(H,34,35). The van der Waals surface area contributed by atoms with Crippen molar-refractivity contribution < 1.29 is 37.3 Å². The molecule has 0 radical (unpaired) electrons. The molecule has 0 spiro atoms. The lowest BCUT2D eigenvalue weighted by atomic mass is 10.00. The average molecular weight is 547 g/mol. The molecule has 3 aromatic carbocycles. The summed E-state index contributed by atoms with van der Waals surface area (Å²) in [7, 11) is 0. The van der Waals surface area contributed by atoms with Crippen LogP contribution < -0.4 is 14.8 Å². The van der Waals surface area contributed by atoms with E-state index in [9.17, 15) is 22.8 Å². The van der Waals surface area contributed by atoms with Crippen LogP contribution in [0.3, 0.4) is 0 Å². The van der Waals surface area contributed by atoms with Crippen molar-refractivity contribution in [2.24, 2.45) is 0 Å². The van der Waals surface area contributed by atoms with Crippen molar-refractivity contribution in [1.29, 1.82) is 0 Å². The predicted molar refractivity (Wildman–Crippen MR) is 136 cm³/mol. The second-order valence-electron chi connectivity index (χ2n) is 8.57. The van der Waals surface area contributed by atoms with Gasteiger partial charge in [-0.1, -0.05) is 23.7 Å². The van der Waals surface area contributed by atoms with Gasteiger partial charge < -0.3 is 24.9 Å². The number of carbonyl (C=O) groups is 2. The zero-order chi connectivity index (χ0) is 27.6. The highest BCUT2D eigenvalue weighted by atomic mass is 35.5. The van der Waals surface area contributed by atoms with Gasteiger partial charge in [0, 0.05) is 16.5 Å². The first-order chi connectivity index (χ1) is 17.9. The number of aliphatic carboxylic acids is 1. The number of benzene rings is 3. The van der Waals surface area contributed by atoms with Crippen LogP contribution in [-0.4, -0.2) is 34.6 Å². The molecule has 1 aromatic heterocycles. The Kier molecular flexibility index (Phi) is 7.54. The highest BCUT2D eigenvalue weighted by molar-refractivity contribution is 6.40. The number of carboxylic acids is 1. The minimum absolute atomic E-state index is 0.0262. The first-order valence-corrected chi connectivity index (χ1v) is 11.8. The van der Waals surface area contributed by atoms with E-state index in [4.69, 9.17) is 26.2 Å². The topological polar surface area (TPSA) is 101 Å². The number of aromatic amines is 1. The Morgan fingerprint density at radius 2 is 1.63 bits per heavy atom. The lowest BCUT2D eigenvalue weighted by Crippen LogP contribution is -2.29. The maximum atomic E-state index is 13.0. The van der Waals surface area contributed by atoms with Gasteiger partial charge in [0.2, 0.25) is 0 Å².